The van der Waals surface area contributed by atoms with Crippen LogP contribution in [0.15, 0.2) is 42.5 Å². The molecule has 0 N–H and O–H groups in total. The molecule has 4 rings (SSSR count). The standard InChI is InChI=1S/C26H34O3S2/c1-2-3-4-5-6-10-14-19-20-17-21(29-25(28)18-12-8-7-9-13-18)23(24(20)27)22(19)26-30-15-11-16-31-26/h2-3,7-9,12-13,19-23,26H,4-6,10-11,14-17H2,1H3/b3-2+/t19-,20-,21-,22+,23+/m0/s1. The van der Waals surface area contributed by atoms with Crippen LogP contribution in [0.3, 0.4) is 0 Å². The number of rotatable bonds is 9. The molecular weight excluding hydrogens is 424 g/mol. The lowest BCUT2D eigenvalue weighted by Crippen LogP contribution is -2.39. The molecule has 0 spiro atoms. The third kappa shape index (κ3) is 5.24. The molecule has 1 aromatic carbocycles. The topological polar surface area (TPSA) is 43.4 Å². The Labute approximate surface area is 195 Å². The van der Waals surface area contributed by atoms with Gasteiger partial charge < -0.3 is 4.74 Å². The van der Waals surface area contributed by atoms with Gasteiger partial charge in [0.25, 0.3) is 0 Å². The van der Waals surface area contributed by atoms with Crippen molar-refractivity contribution in [3.05, 3.63) is 48.0 Å². The molecule has 168 valence electrons. The molecule has 0 amide bonds. The third-order valence-electron chi connectivity index (χ3n) is 7.09. The summed E-state index contributed by atoms with van der Waals surface area (Å²) in [6.07, 6.45) is 12.1. The number of carbonyl (C=O) groups excluding carboxylic acids is 2. The van der Waals surface area contributed by atoms with Crippen LogP contribution in [0.4, 0.5) is 0 Å². The maximum atomic E-state index is 13.3. The molecule has 2 aliphatic carbocycles. The number of Topliss-reactive ketones (excluding diaryl/α,β-unsaturated/α-hetero) is 1. The highest BCUT2D eigenvalue weighted by molar-refractivity contribution is 8.17. The first kappa shape index (κ1) is 23.0. The summed E-state index contributed by atoms with van der Waals surface area (Å²) < 4.78 is 6.43. The number of unbranched alkanes of at least 4 members (excludes halogenated alkanes) is 3. The van der Waals surface area contributed by atoms with Crippen molar-refractivity contribution in [2.45, 2.75) is 62.6 Å². The molecular formula is C26H34O3S2. The molecule has 1 saturated heterocycles. The van der Waals surface area contributed by atoms with E-state index in [2.05, 4.69) is 19.1 Å². The van der Waals surface area contributed by atoms with Gasteiger partial charge in [-0.25, -0.2) is 4.79 Å². The molecule has 2 saturated carbocycles. The Morgan fingerprint density at radius 1 is 1.13 bits per heavy atom. The monoisotopic (exact) mass is 458 g/mol. The Morgan fingerprint density at radius 2 is 1.90 bits per heavy atom. The summed E-state index contributed by atoms with van der Waals surface area (Å²) in [4.78, 5) is 26.0. The van der Waals surface area contributed by atoms with E-state index in [1.54, 1.807) is 12.1 Å². The summed E-state index contributed by atoms with van der Waals surface area (Å²) in [5, 5.41) is 0. The van der Waals surface area contributed by atoms with Crippen molar-refractivity contribution in [2.75, 3.05) is 11.5 Å². The maximum absolute atomic E-state index is 13.3. The van der Waals surface area contributed by atoms with Crippen molar-refractivity contribution in [2.24, 2.45) is 23.7 Å². The van der Waals surface area contributed by atoms with Crippen LogP contribution < -0.4 is 0 Å². The number of benzene rings is 1. The van der Waals surface area contributed by atoms with Gasteiger partial charge in [-0.1, -0.05) is 43.2 Å². The zero-order valence-corrected chi connectivity index (χ0v) is 20.0. The number of esters is 1. The lowest BCUT2D eigenvalue weighted by atomic mass is 9.76. The minimum absolute atomic E-state index is 0.0854. The average Bonchev–Trinajstić information content (AvgIpc) is 3.26. The van der Waals surface area contributed by atoms with Crippen molar-refractivity contribution < 1.29 is 14.3 Å². The van der Waals surface area contributed by atoms with E-state index < -0.39 is 0 Å². The number of hydrogen-bond acceptors (Lipinski definition) is 5. The summed E-state index contributed by atoms with van der Waals surface area (Å²) in [7, 11) is 0. The van der Waals surface area contributed by atoms with Crippen LogP contribution in [-0.2, 0) is 9.53 Å². The normalized spacial score (nSPS) is 30.9. The van der Waals surface area contributed by atoms with Gasteiger partial charge >= 0.3 is 5.97 Å². The highest BCUT2D eigenvalue weighted by Crippen LogP contribution is 2.58. The van der Waals surface area contributed by atoms with E-state index in [0.29, 0.717) is 27.8 Å². The molecule has 3 fully saturated rings. The summed E-state index contributed by atoms with van der Waals surface area (Å²) in [5.41, 5.74) is 0.577. The minimum atomic E-state index is -0.283. The Hall–Kier alpha value is -1.20. The molecule has 1 heterocycles. The van der Waals surface area contributed by atoms with Gasteiger partial charge in [0.05, 0.1) is 16.1 Å². The lowest BCUT2D eigenvalue weighted by Gasteiger charge is -2.39. The Morgan fingerprint density at radius 3 is 2.65 bits per heavy atom. The first-order valence-electron chi connectivity index (χ1n) is 11.8. The summed E-state index contributed by atoms with van der Waals surface area (Å²) in [5.74, 6) is 3.26. The van der Waals surface area contributed by atoms with Gasteiger partial charge in [-0.05, 0) is 74.5 Å². The molecule has 2 bridgehead atoms. The largest absolute Gasteiger partial charge is 0.458 e. The molecule has 0 radical (unpaired) electrons. The molecule has 3 aliphatic rings. The second-order valence-electron chi connectivity index (χ2n) is 8.99. The molecule has 0 aromatic heterocycles. The summed E-state index contributed by atoms with van der Waals surface area (Å²) in [6, 6.07) is 9.19. The summed E-state index contributed by atoms with van der Waals surface area (Å²) >= 11 is 4.07. The first-order valence-corrected chi connectivity index (χ1v) is 13.9. The van der Waals surface area contributed by atoms with Crippen molar-refractivity contribution in [3.8, 4) is 0 Å². The van der Waals surface area contributed by atoms with Gasteiger partial charge in [0.1, 0.15) is 11.9 Å². The lowest BCUT2D eigenvalue weighted by molar-refractivity contribution is -0.122. The number of ether oxygens (including phenoxy) is 1. The van der Waals surface area contributed by atoms with Gasteiger partial charge in [-0.15, -0.1) is 23.5 Å². The second kappa shape index (κ2) is 11.1. The van der Waals surface area contributed by atoms with Gasteiger partial charge in [-0.2, -0.15) is 0 Å². The average molecular weight is 459 g/mol. The van der Waals surface area contributed by atoms with Gasteiger partial charge in [0.2, 0.25) is 0 Å². The van der Waals surface area contributed by atoms with E-state index in [0.717, 1.165) is 19.3 Å². The Balaban J connectivity index is 1.43. The Kier molecular flexibility index (Phi) is 8.22. The van der Waals surface area contributed by atoms with Crippen molar-refractivity contribution in [1.29, 1.82) is 0 Å². The summed E-state index contributed by atoms with van der Waals surface area (Å²) in [6.45, 7) is 2.08. The van der Waals surface area contributed by atoms with E-state index in [1.807, 2.05) is 41.7 Å². The first-order chi connectivity index (χ1) is 15.2. The van der Waals surface area contributed by atoms with Crippen LogP contribution in [0, 0.1) is 23.7 Å². The van der Waals surface area contributed by atoms with E-state index in [-0.39, 0.29) is 23.9 Å². The molecule has 31 heavy (non-hydrogen) atoms. The zero-order valence-electron chi connectivity index (χ0n) is 18.4. The molecule has 1 aromatic rings. The molecule has 3 nitrogen and oxygen atoms in total. The predicted molar refractivity (Wildman–Crippen MR) is 130 cm³/mol. The highest BCUT2D eigenvalue weighted by Gasteiger charge is 2.61. The quantitative estimate of drug-likeness (QED) is 0.244. The predicted octanol–water partition coefficient (Wildman–Crippen LogP) is 6.39. The highest BCUT2D eigenvalue weighted by atomic mass is 32.2. The van der Waals surface area contributed by atoms with Crippen molar-refractivity contribution in [1.82, 2.24) is 0 Å². The zero-order chi connectivity index (χ0) is 21.6. The van der Waals surface area contributed by atoms with E-state index in [1.165, 1.54) is 37.2 Å². The van der Waals surface area contributed by atoms with Crippen LogP contribution in [0.2, 0.25) is 0 Å². The fourth-order valence-corrected chi connectivity index (χ4v) is 9.10. The van der Waals surface area contributed by atoms with E-state index in [4.69, 9.17) is 4.74 Å². The fourth-order valence-electron chi connectivity index (χ4n) is 5.68. The second-order valence-corrected chi connectivity index (χ2v) is 11.8. The number of hydrogen-bond donors (Lipinski definition) is 0. The van der Waals surface area contributed by atoms with E-state index >= 15 is 0 Å². The van der Waals surface area contributed by atoms with Crippen molar-refractivity contribution >= 4 is 35.3 Å². The van der Waals surface area contributed by atoms with Gasteiger partial charge in [0, 0.05) is 5.92 Å². The van der Waals surface area contributed by atoms with Crippen molar-refractivity contribution in [3.63, 3.8) is 0 Å². The fraction of sp³-hybridized carbons (Fsp3) is 0.615. The number of allylic oxidation sites excluding steroid dienone is 2. The SMILES string of the molecule is C/C=C/CCCCC[C@@H]1[C@@H](C2SCCCS2)[C@@H]2C(=O)[C@H]1C[C@@H]2OC(=O)c1ccccc1. The number of ketones is 1. The van der Waals surface area contributed by atoms with Crippen LogP contribution in [0.5, 0.6) is 0 Å². The van der Waals surface area contributed by atoms with Crippen LogP contribution in [-0.4, -0.2) is 33.9 Å². The van der Waals surface area contributed by atoms with Crippen LogP contribution in [0.1, 0.15) is 62.2 Å². The number of fused-ring (bicyclic) bond motifs is 2. The van der Waals surface area contributed by atoms with E-state index in [9.17, 15) is 9.59 Å². The molecule has 0 unspecified atom stereocenters. The van der Waals surface area contributed by atoms with Gasteiger partial charge in [-0.3, -0.25) is 4.79 Å². The Bertz CT molecular complexity index is 772. The maximum Gasteiger partial charge on any atom is 0.338 e. The van der Waals surface area contributed by atoms with Gasteiger partial charge in [0.15, 0.2) is 0 Å². The third-order valence-corrected chi connectivity index (χ3v) is 10.2. The van der Waals surface area contributed by atoms with Crippen LogP contribution >= 0.6 is 23.5 Å². The number of carbonyl (C=O) groups is 2. The minimum Gasteiger partial charge on any atom is -0.458 e. The molecule has 1 aliphatic heterocycles. The number of thioether (sulfide) groups is 2. The smallest absolute Gasteiger partial charge is 0.338 e. The van der Waals surface area contributed by atoms with Crippen LogP contribution in [0.25, 0.3) is 0 Å². The molecule has 5 atom stereocenters. The molecule has 5 heteroatoms.